The summed E-state index contributed by atoms with van der Waals surface area (Å²) in [4.78, 5) is 20.6. The quantitative estimate of drug-likeness (QED) is 0.839. The molecule has 0 radical (unpaired) electrons. The molecule has 4 nitrogen and oxygen atoms in total. The van der Waals surface area contributed by atoms with Crippen LogP contribution in [0.15, 0.2) is 42.5 Å². The smallest absolute Gasteiger partial charge is 0.236 e. The minimum Gasteiger partial charge on any atom is -0.348 e. The van der Waals surface area contributed by atoms with Crippen LogP contribution in [0.1, 0.15) is 35.8 Å². The van der Waals surface area contributed by atoms with Crippen LogP contribution in [0.5, 0.6) is 0 Å². The average molecular weight is 341 g/mol. The molecule has 132 valence electrons. The van der Waals surface area contributed by atoms with Crippen molar-refractivity contribution in [2.75, 3.05) is 27.2 Å². The summed E-state index contributed by atoms with van der Waals surface area (Å²) in [7, 11) is 3.56. The molecule has 1 aliphatic rings. The number of likely N-dealkylation sites (N-methyl/N-ethyl adjacent to an activating group) is 1. The number of hydrogen-bond donors (Lipinski definition) is 0. The van der Waals surface area contributed by atoms with Crippen molar-refractivity contribution in [3.05, 3.63) is 65.2 Å². The number of amides is 1. The van der Waals surface area contributed by atoms with Crippen molar-refractivity contribution in [2.24, 2.45) is 0 Å². The molecule has 1 aromatic carbocycles. The predicted octanol–water partition coefficient (Wildman–Crippen LogP) is 3.04. The average Bonchev–Trinajstić information content (AvgIpc) is 3.05. The van der Waals surface area contributed by atoms with E-state index < -0.39 is 0 Å². The Balaban J connectivity index is 1.76. The Bertz CT molecular complexity index is 747. The van der Waals surface area contributed by atoms with Gasteiger partial charge in [0.05, 0.1) is 18.3 Å². The minimum atomic E-state index is -0.200. The highest BCUT2D eigenvalue weighted by atomic mass is 19.1. The molecule has 1 fully saturated rings. The van der Waals surface area contributed by atoms with Crippen molar-refractivity contribution in [3.8, 4) is 0 Å². The van der Waals surface area contributed by atoms with Crippen molar-refractivity contribution in [1.29, 1.82) is 0 Å². The summed E-state index contributed by atoms with van der Waals surface area (Å²) in [5.74, 6) is -0.0943. The molecular weight excluding hydrogens is 317 g/mol. The van der Waals surface area contributed by atoms with Gasteiger partial charge in [0.1, 0.15) is 5.82 Å². The molecule has 1 unspecified atom stereocenters. The van der Waals surface area contributed by atoms with Gasteiger partial charge in [-0.2, -0.15) is 0 Å². The largest absolute Gasteiger partial charge is 0.348 e. The molecule has 1 atom stereocenters. The Morgan fingerprint density at radius 2 is 2.04 bits per heavy atom. The van der Waals surface area contributed by atoms with E-state index in [2.05, 4.69) is 4.90 Å². The lowest BCUT2D eigenvalue weighted by Crippen LogP contribution is -2.36. The maximum Gasteiger partial charge on any atom is 0.236 e. The topological polar surface area (TPSA) is 36.4 Å². The van der Waals surface area contributed by atoms with Gasteiger partial charge in [-0.15, -0.1) is 0 Å². The van der Waals surface area contributed by atoms with E-state index in [1.54, 1.807) is 31.1 Å². The van der Waals surface area contributed by atoms with Gasteiger partial charge in [-0.05, 0) is 43.1 Å². The van der Waals surface area contributed by atoms with E-state index in [1.807, 2.05) is 24.3 Å². The first kappa shape index (κ1) is 17.5. The molecule has 25 heavy (non-hydrogen) atoms. The number of hydrogen-bond acceptors (Lipinski definition) is 3. The summed E-state index contributed by atoms with van der Waals surface area (Å²) in [5.41, 5.74) is 2.48. The number of carbonyl (C=O) groups is 1. The van der Waals surface area contributed by atoms with Crippen LogP contribution in [-0.4, -0.2) is 47.9 Å². The summed E-state index contributed by atoms with van der Waals surface area (Å²) < 4.78 is 13.9. The van der Waals surface area contributed by atoms with Crippen LogP contribution in [0, 0.1) is 5.82 Å². The summed E-state index contributed by atoms with van der Waals surface area (Å²) in [6.07, 6.45) is 2.53. The highest BCUT2D eigenvalue weighted by molar-refractivity contribution is 5.77. The number of nitrogens with zero attached hydrogens (tertiary/aromatic N) is 3. The molecule has 1 saturated heterocycles. The van der Waals surface area contributed by atoms with Gasteiger partial charge in [-0.25, -0.2) is 4.39 Å². The molecule has 0 spiro atoms. The molecule has 0 bridgehead atoms. The number of halogens is 1. The summed E-state index contributed by atoms with van der Waals surface area (Å²) in [5, 5.41) is 0. The molecule has 1 aliphatic heterocycles. The van der Waals surface area contributed by atoms with E-state index in [0.29, 0.717) is 18.5 Å². The third-order valence-corrected chi connectivity index (χ3v) is 4.70. The van der Waals surface area contributed by atoms with Crippen LogP contribution in [0.2, 0.25) is 0 Å². The molecule has 0 saturated carbocycles. The molecule has 1 aromatic heterocycles. The van der Waals surface area contributed by atoms with Crippen molar-refractivity contribution in [2.45, 2.75) is 25.3 Å². The first-order valence-corrected chi connectivity index (χ1v) is 8.68. The maximum absolute atomic E-state index is 13.9. The molecule has 5 heteroatoms. The first-order valence-electron chi connectivity index (χ1n) is 8.68. The third kappa shape index (κ3) is 4.23. The number of carbonyl (C=O) groups excluding carboxylic acids is 1. The van der Waals surface area contributed by atoms with Crippen molar-refractivity contribution < 1.29 is 9.18 Å². The van der Waals surface area contributed by atoms with E-state index in [0.717, 1.165) is 30.8 Å². The van der Waals surface area contributed by atoms with E-state index in [4.69, 9.17) is 4.98 Å². The summed E-state index contributed by atoms with van der Waals surface area (Å²) >= 11 is 0. The zero-order valence-corrected chi connectivity index (χ0v) is 14.8. The molecule has 3 rings (SSSR count). The Morgan fingerprint density at radius 3 is 2.80 bits per heavy atom. The fourth-order valence-electron chi connectivity index (χ4n) is 3.28. The van der Waals surface area contributed by atoms with Crippen LogP contribution in [0.3, 0.4) is 0 Å². The normalized spacial score (nSPS) is 17.6. The van der Waals surface area contributed by atoms with Gasteiger partial charge in [-0.3, -0.25) is 14.7 Å². The van der Waals surface area contributed by atoms with Crippen molar-refractivity contribution >= 4 is 5.91 Å². The maximum atomic E-state index is 13.9. The second kappa shape index (κ2) is 7.74. The fourth-order valence-corrected chi connectivity index (χ4v) is 3.28. The zero-order valence-electron chi connectivity index (χ0n) is 14.8. The Labute approximate surface area is 148 Å². The number of benzene rings is 1. The van der Waals surface area contributed by atoms with Crippen LogP contribution in [0.4, 0.5) is 4.39 Å². The summed E-state index contributed by atoms with van der Waals surface area (Å²) in [6, 6.07) is 12.9. The fraction of sp³-hybridized carbons (Fsp3) is 0.400. The standard InChI is InChI=1S/C20H24FN3O/c1-23(2)20(25)14-24-12-6-11-19(24)18-10-5-8-16(22-18)13-15-7-3-4-9-17(15)21/h3-5,7-10,19H,6,11-14H2,1-2H3. The lowest BCUT2D eigenvalue weighted by molar-refractivity contribution is -0.130. The van der Waals surface area contributed by atoms with Crippen molar-refractivity contribution in [3.63, 3.8) is 0 Å². The van der Waals surface area contributed by atoms with Crippen LogP contribution in [0.25, 0.3) is 0 Å². The predicted molar refractivity (Wildman–Crippen MR) is 95.7 cm³/mol. The highest BCUT2D eigenvalue weighted by Crippen LogP contribution is 2.30. The van der Waals surface area contributed by atoms with E-state index in [-0.39, 0.29) is 17.8 Å². The van der Waals surface area contributed by atoms with Gasteiger partial charge in [0.15, 0.2) is 0 Å². The van der Waals surface area contributed by atoms with E-state index >= 15 is 0 Å². The molecule has 0 aliphatic carbocycles. The second-order valence-electron chi connectivity index (χ2n) is 6.74. The summed E-state index contributed by atoms with van der Waals surface area (Å²) in [6.45, 7) is 1.32. The van der Waals surface area contributed by atoms with Crippen LogP contribution < -0.4 is 0 Å². The monoisotopic (exact) mass is 341 g/mol. The second-order valence-corrected chi connectivity index (χ2v) is 6.74. The number of rotatable bonds is 5. The Hall–Kier alpha value is -2.27. The lowest BCUT2D eigenvalue weighted by atomic mass is 10.1. The van der Waals surface area contributed by atoms with E-state index in [9.17, 15) is 9.18 Å². The lowest BCUT2D eigenvalue weighted by Gasteiger charge is -2.25. The van der Waals surface area contributed by atoms with E-state index in [1.165, 1.54) is 6.07 Å². The van der Waals surface area contributed by atoms with Gasteiger partial charge in [0.2, 0.25) is 5.91 Å². The number of pyridine rings is 1. The van der Waals surface area contributed by atoms with Gasteiger partial charge in [0.25, 0.3) is 0 Å². The SMILES string of the molecule is CN(C)C(=O)CN1CCCC1c1cccc(Cc2ccccc2F)n1. The van der Waals surface area contributed by atoms with Gasteiger partial charge < -0.3 is 4.90 Å². The first-order chi connectivity index (χ1) is 12.0. The molecule has 1 amide bonds. The van der Waals surface area contributed by atoms with Gasteiger partial charge >= 0.3 is 0 Å². The molecular formula is C20H24FN3O. The van der Waals surface area contributed by atoms with Crippen LogP contribution >= 0.6 is 0 Å². The Morgan fingerprint density at radius 1 is 1.24 bits per heavy atom. The highest BCUT2D eigenvalue weighted by Gasteiger charge is 2.29. The molecule has 2 aromatic rings. The third-order valence-electron chi connectivity index (χ3n) is 4.70. The van der Waals surface area contributed by atoms with Gasteiger partial charge in [-0.1, -0.05) is 24.3 Å². The van der Waals surface area contributed by atoms with Crippen LogP contribution in [-0.2, 0) is 11.2 Å². The number of likely N-dealkylation sites (tertiary alicyclic amines) is 1. The van der Waals surface area contributed by atoms with Gasteiger partial charge in [0, 0.05) is 26.2 Å². The number of aromatic nitrogens is 1. The minimum absolute atomic E-state index is 0.106. The van der Waals surface area contributed by atoms with Crippen molar-refractivity contribution in [1.82, 2.24) is 14.8 Å². The Kier molecular flexibility index (Phi) is 5.43. The zero-order chi connectivity index (χ0) is 17.8. The molecule has 0 N–H and O–H groups in total. The molecule has 2 heterocycles.